The van der Waals surface area contributed by atoms with Gasteiger partial charge in [0, 0.05) is 0 Å². The number of carbonyl (C=O) groups is 2. The van der Waals surface area contributed by atoms with Crippen molar-refractivity contribution in [2.75, 3.05) is 6.54 Å². The first-order valence-electron chi connectivity index (χ1n) is 6.53. The maximum atomic E-state index is 12.3. The lowest BCUT2D eigenvalue weighted by Crippen LogP contribution is -2.63. The monoisotopic (exact) mass is 282 g/mol. The Labute approximate surface area is 120 Å². The molecule has 0 aliphatic carbocycles. The van der Waals surface area contributed by atoms with Crippen LogP contribution in [0.4, 0.5) is 0 Å². The number of ether oxygens (including phenoxy) is 2. The zero-order valence-corrected chi connectivity index (χ0v) is 10.9. The molecule has 0 spiro atoms. The fourth-order valence-electron chi connectivity index (χ4n) is 2.97. The Bertz CT molecular complexity index is 700. The van der Waals surface area contributed by atoms with Crippen LogP contribution in [0.15, 0.2) is 36.6 Å². The van der Waals surface area contributed by atoms with E-state index < -0.39 is 11.9 Å². The van der Waals surface area contributed by atoms with Gasteiger partial charge in [-0.2, -0.15) is 5.26 Å². The van der Waals surface area contributed by atoms with Crippen LogP contribution >= 0.6 is 0 Å². The Morgan fingerprint density at radius 2 is 1.90 bits per heavy atom. The van der Waals surface area contributed by atoms with Gasteiger partial charge in [-0.05, 0) is 18.2 Å². The molecule has 104 valence electrons. The average molecular weight is 282 g/mol. The summed E-state index contributed by atoms with van der Waals surface area (Å²) in [4.78, 5) is 25.7. The normalized spacial score (nSPS) is 32.2. The van der Waals surface area contributed by atoms with E-state index in [1.807, 2.05) is 0 Å². The fraction of sp³-hybridized carbons (Fsp3) is 0.267. The average Bonchev–Trinajstić information content (AvgIpc) is 2.99. The minimum absolute atomic E-state index is 0.0925. The van der Waals surface area contributed by atoms with Crippen LogP contribution in [0.5, 0.6) is 0 Å². The molecule has 1 saturated heterocycles. The van der Waals surface area contributed by atoms with Gasteiger partial charge in [-0.3, -0.25) is 14.5 Å². The zero-order chi connectivity index (χ0) is 14.6. The Hall–Kier alpha value is -2.65. The summed E-state index contributed by atoms with van der Waals surface area (Å²) >= 11 is 0. The fourth-order valence-corrected chi connectivity index (χ4v) is 2.97. The molecular formula is C15H10N2O4. The molecular weight excluding hydrogens is 272 g/mol. The second-order valence-corrected chi connectivity index (χ2v) is 5.22. The lowest BCUT2D eigenvalue weighted by atomic mass is 9.82. The van der Waals surface area contributed by atoms with Crippen LogP contribution in [0, 0.1) is 17.2 Å². The number of benzene rings is 1. The van der Waals surface area contributed by atoms with E-state index in [1.54, 1.807) is 30.3 Å². The van der Waals surface area contributed by atoms with Gasteiger partial charge in [0.1, 0.15) is 6.07 Å². The van der Waals surface area contributed by atoms with Crippen molar-refractivity contribution in [2.45, 2.75) is 11.9 Å². The summed E-state index contributed by atoms with van der Waals surface area (Å²) in [6.07, 6.45) is 2.73. The molecule has 2 amide bonds. The van der Waals surface area contributed by atoms with Gasteiger partial charge in [0.05, 0.1) is 29.9 Å². The van der Waals surface area contributed by atoms with Crippen molar-refractivity contribution >= 4 is 11.8 Å². The molecule has 6 heteroatoms. The van der Waals surface area contributed by atoms with E-state index in [-0.39, 0.29) is 24.3 Å². The van der Waals surface area contributed by atoms with Gasteiger partial charge in [-0.15, -0.1) is 0 Å². The predicted molar refractivity (Wildman–Crippen MR) is 68.7 cm³/mol. The molecule has 3 heterocycles. The largest absolute Gasteiger partial charge is 0.472 e. The number of carbonyl (C=O) groups excluding carboxylic acids is 2. The van der Waals surface area contributed by atoms with Crippen LogP contribution in [-0.4, -0.2) is 35.2 Å². The van der Waals surface area contributed by atoms with E-state index in [2.05, 4.69) is 6.07 Å². The molecule has 0 unspecified atom stereocenters. The molecule has 3 aliphatic heterocycles. The van der Waals surface area contributed by atoms with Crippen molar-refractivity contribution in [3.05, 3.63) is 47.7 Å². The van der Waals surface area contributed by atoms with E-state index in [9.17, 15) is 14.9 Å². The summed E-state index contributed by atoms with van der Waals surface area (Å²) in [6.45, 7) is -0.0925. The summed E-state index contributed by atoms with van der Waals surface area (Å²) in [5, 5.41) is 9.42. The van der Waals surface area contributed by atoms with Crippen molar-refractivity contribution in [1.29, 1.82) is 5.26 Å². The Morgan fingerprint density at radius 1 is 1.24 bits per heavy atom. The van der Waals surface area contributed by atoms with Crippen LogP contribution in [0.25, 0.3) is 0 Å². The number of amides is 2. The van der Waals surface area contributed by atoms with Crippen molar-refractivity contribution < 1.29 is 19.1 Å². The van der Waals surface area contributed by atoms with Crippen LogP contribution < -0.4 is 0 Å². The number of imide groups is 1. The van der Waals surface area contributed by atoms with Crippen LogP contribution in [0.1, 0.15) is 20.7 Å². The highest BCUT2D eigenvalue weighted by molar-refractivity contribution is 6.21. The second kappa shape index (κ2) is 3.93. The van der Waals surface area contributed by atoms with Crippen LogP contribution in [-0.2, 0) is 9.47 Å². The van der Waals surface area contributed by atoms with Gasteiger partial charge in [0.25, 0.3) is 11.8 Å². The molecule has 0 radical (unpaired) electrons. The molecule has 0 bridgehead atoms. The quantitative estimate of drug-likeness (QED) is 0.758. The van der Waals surface area contributed by atoms with E-state index in [4.69, 9.17) is 9.47 Å². The summed E-state index contributed by atoms with van der Waals surface area (Å²) in [5.74, 6) is -1.04. The molecule has 1 aromatic rings. The molecule has 1 fully saturated rings. The molecule has 3 atom stereocenters. The topological polar surface area (TPSA) is 79.6 Å². The van der Waals surface area contributed by atoms with Gasteiger partial charge >= 0.3 is 0 Å². The minimum atomic E-state index is -1.22. The van der Waals surface area contributed by atoms with Crippen molar-refractivity contribution in [1.82, 2.24) is 4.90 Å². The lowest BCUT2D eigenvalue weighted by molar-refractivity contribution is -0.289. The third-order valence-electron chi connectivity index (χ3n) is 4.12. The van der Waals surface area contributed by atoms with Gasteiger partial charge < -0.3 is 9.47 Å². The van der Waals surface area contributed by atoms with Gasteiger partial charge in [-0.25, -0.2) is 0 Å². The first kappa shape index (κ1) is 12.1. The number of hydrogen-bond donors (Lipinski definition) is 0. The number of nitriles is 1. The summed E-state index contributed by atoms with van der Waals surface area (Å²) in [5.41, 5.74) is -0.486. The third kappa shape index (κ3) is 1.44. The number of nitrogens with zero attached hydrogens (tertiary/aromatic N) is 2. The summed E-state index contributed by atoms with van der Waals surface area (Å²) in [7, 11) is 0. The first-order chi connectivity index (χ1) is 10.2. The van der Waals surface area contributed by atoms with Gasteiger partial charge in [0.15, 0.2) is 5.60 Å². The highest BCUT2D eigenvalue weighted by Crippen LogP contribution is 2.45. The summed E-state index contributed by atoms with van der Waals surface area (Å²) in [6, 6.07) is 8.71. The number of fused-ring (bicyclic) bond motifs is 2. The van der Waals surface area contributed by atoms with Crippen molar-refractivity contribution in [3.8, 4) is 6.07 Å². The van der Waals surface area contributed by atoms with E-state index in [0.717, 1.165) is 4.90 Å². The van der Waals surface area contributed by atoms with E-state index in [0.29, 0.717) is 11.1 Å². The molecule has 21 heavy (non-hydrogen) atoms. The smallest absolute Gasteiger partial charge is 0.261 e. The van der Waals surface area contributed by atoms with Crippen molar-refractivity contribution in [3.63, 3.8) is 0 Å². The van der Waals surface area contributed by atoms with E-state index in [1.165, 1.54) is 6.26 Å². The zero-order valence-electron chi connectivity index (χ0n) is 10.9. The van der Waals surface area contributed by atoms with Gasteiger partial charge in [0.2, 0.25) is 6.29 Å². The van der Waals surface area contributed by atoms with Crippen molar-refractivity contribution in [2.24, 2.45) is 5.92 Å². The maximum absolute atomic E-state index is 12.3. The molecule has 3 aliphatic rings. The third-order valence-corrected chi connectivity index (χ3v) is 4.12. The minimum Gasteiger partial charge on any atom is -0.472 e. The summed E-state index contributed by atoms with van der Waals surface area (Å²) < 4.78 is 10.6. The first-order valence-corrected chi connectivity index (χ1v) is 6.53. The van der Waals surface area contributed by atoms with Gasteiger partial charge in [-0.1, -0.05) is 12.1 Å². The molecule has 0 saturated carbocycles. The van der Waals surface area contributed by atoms with Crippen LogP contribution in [0.3, 0.4) is 0 Å². The molecule has 1 aromatic carbocycles. The highest BCUT2D eigenvalue weighted by Gasteiger charge is 2.60. The number of hydrogen-bond acceptors (Lipinski definition) is 5. The van der Waals surface area contributed by atoms with Crippen LogP contribution in [0.2, 0.25) is 0 Å². The molecule has 6 nitrogen and oxygen atoms in total. The molecule has 0 aromatic heterocycles. The maximum Gasteiger partial charge on any atom is 0.261 e. The molecule has 0 N–H and O–H groups in total. The Balaban J connectivity index is 1.65. The lowest BCUT2D eigenvalue weighted by Gasteiger charge is -2.46. The SMILES string of the molecule is N#C[C@@]1(CN2C(=O)c3ccccc3C2=O)O[C@H]2OC=C[C@H]21. The Kier molecular flexibility index (Phi) is 2.27. The standard InChI is InChI=1S/C15H10N2O4/c16-7-15(11-5-6-20-14(11)21-15)8-17-12(18)9-3-1-2-4-10(9)13(17)19/h1-6,11,14H,8H2/t11-,14-,15+/m1/s1. The number of rotatable bonds is 2. The second-order valence-electron chi connectivity index (χ2n) is 5.22. The highest BCUT2D eigenvalue weighted by atomic mass is 16.7. The Morgan fingerprint density at radius 3 is 2.48 bits per heavy atom. The predicted octanol–water partition coefficient (Wildman–Crippen LogP) is 1.06. The van der Waals surface area contributed by atoms with E-state index >= 15 is 0 Å². The molecule has 4 rings (SSSR count).